The van der Waals surface area contributed by atoms with Crippen LogP contribution >= 0.6 is 22.9 Å². The number of benzene rings is 2. The van der Waals surface area contributed by atoms with Crippen molar-refractivity contribution in [3.05, 3.63) is 34.4 Å². The van der Waals surface area contributed by atoms with Gasteiger partial charge in [-0.2, -0.15) is 15.2 Å². The van der Waals surface area contributed by atoms with Crippen LogP contribution in [0, 0.1) is 23.0 Å². The van der Waals surface area contributed by atoms with Gasteiger partial charge < -0.3 is 23.8 Å². The number of fused-ring (bicyclic) bond motifs is 4. The van der Waals surface area contributed by atoms with Gasteiger partial charge in [-0.1, -0.05) is 17.7 Å². The maximum atomic E-state index is 17.4. The topological polar surface area (TPSA) is 122 Å². The summed E-state index contributed by atoms with van der Waals surface area (Å²) in [6, 6.07) is 4.33. The van der Waals surface area contributed by atoms with Crippen LogP contribution in [0.15, 0.2) is 12.1 Å². The maximum absolute atomic E-state index is 17.4. The van der Waals surface area contributed by atoms with Crippen molar-refractivity contribution in [3.63, 3.8) is 0 Å². The molecule has 0 radical (unpaired) electrons. The summed E-state index contributed by atoms with van der Waals surface area (Å²) in [7, 11) is 0. The second-order valence-corrected chi connectivity index (χ2v) is 16.1. The predicted molar refractivity (Wildman–Crippen MR) is 190 cm³/mol. The summed E-state index contributed by atoms with van der Waals surface area (Å²) in [6.07, 6.45) is 0.756. The van der Waals surface area contributed by atoms with Crippen molar-refractivity contribution >= 4 is 60.8 Å². The van der Waals surface area contributed by atoms with Gasteiger partial charge in [0.1, 0.15) is 46.6 Å². The van der Waals surface area contributed by atoms with Crippen molar-refractivity contribution in [2.45, 2.75) is 69.8 Å². The van der Waals surface area contributed by atoms with Crippen molar-refractivity contribution in [1.82, 2.24) is 14.9 Å². The van der Waals surface area contributed by atoms with Gasteiger partial charge in [-0.05, 0) is 51.8 Å². The molecule has 2 aromatic carbocycles. The van der Waals surface area contributed by atoms with Gasteiger partial charge in [-0.25, -0.2) is 18.0 Å². The molecule has 1 amide bonds. The van der Waals surface area contributed by atoms with E-state index >= 15 is 8.78 Å². The third-order valence-corrected chi connectivity index (χ3v) is 11.6. The Hall–Kier alpha value is -4.10. The Balaban J connectivity index is 1.31. The van der Waals surface area contributed by atoms with Crippen molar-refractivity contribution in [2.24, 2.45) is 0 Å². The second kappa shape index (κ2) is 13.1. The van der Waals surface area contributed by atoms with E-state index in [1.54, 1.807) is 20.8 Å². The zero-order valence-electron chi connectivity index (χ0n) is 28.8. The average Bonchev–Trinajstić information content (AvgIpc) is 3.74. The number of rotatable bonds is 5. The normalized spacial score (nSPS) is 23.1. The van der Waals surface area contributed by atoms with Gasteiger partial charge >= 0.3 is 12.1 Å². The van der Waals surface area contributed by atoms with Gasteiger partial charge in [0.25, 0.3) is 0 Å². The Kier molecular flexibility index (Phi) is 8.80. The summed E-state index contributed by atoms with van der Waals surface area (Å²) < 4.78 is 71.1. The van der Waals surface area contributed by atoms with Crippen LogP contribution < -0.4 is 19.7 Å². The molecule has 4 aromatic rings. The molecule has 3 fully saturated rings. The molecular weight excluding hydrogens is 721 g/mol. The molecule has 52 heavy (non-hydrogen) atoms. The van der Waals surface area contributed by atoms with Gasteiger partial charge in [0.15, 0.2) is 11.6 Å². The molecule has 0 spiro atoms. The number of ether oxygens (including phenoxy) is 4. The number of amides is 1. The highest BCUT2D eigenvalue weighted by molar-refractivity contribution is 7.23. The number of nitrogens with one attached hydrogen (secondary N) is 1. The Morgan fingerprint density at radius 3 is 2.85 bits per heavy atom. The number of aromatic nitrogens is 2. The number of hydrogen-bond acceptors (Lipinski definition) is 11. The van der Waals surface area contributed by atoms with E-state index in [1.165, 1.54) is 6.07 Å². The summed E-state index contributed by atoms with van der Waals surface area (Å²) >= 11 is 7.92. The highest BCUT2D eigenvalue weighted by atomic mass is 35.5. The first kappa shape index (κ1) is 35.0. The molecule has 274 valence electrons. The van der Waals surface area contributed by atoms with Crippen molar-refractivity contribution < 1.29 is 36.9 Å². The van der Waals surface area contributed by atoms with Gasteiger partial charge in [0, 0.05) is 36.9 Å². The lowest BCUT2D eigenvalue weighted by Crippen LogP contribution is -2.47. The Morgan fingerprint density at radius 1 is 1.23 bits per heavy atom. The average molecular weight is 757 g/mol. The molecule has 2 aromatic heterocycles. The van der Waals surface area contributed by atoms with Gasteiger partial charge in [0.05, 0.1) is 52.1 Å². The number of thiophene rings is 1. The van der Waals surface area contributed by atoms with E-state index in [4.69, 9.17) is 35.5 Å². The molecule has 0 aliphatic carbocycles. The van der Waals surface area contributed by atoms with Crippen LogP contribution in [0.2, 0.25) is 5.02 Å². The number of halogens is 4. The lowest BCUT2D eigenvalue weighted by molar-refractivity contribution is 0.0636. The number of nitrogens with zero attached hydrogens (tertiary/aromatic N) is 5. The van der Waals surface area contributed by atoms with Gasteiger partial charge in [-0.3, -0.25) is 10.2 Å². The lowest BCUT2D eigenvalue weighted by Gasteiger charge is -2.38. The van der Waals surface area contributed by atoms with Gasteiger partial charge in [0.2, 0.25) is 0 Å². The van der Waals surface area contributed by atoms with Crippen LogP contribution in [0.25, 0.3) is 32.1 Å². The van der Waals surface area contributed by atoms with E-state index in [1.807, 2.05) is 4.90 Å². The third kappa shape index (κ3) is 5.93. The molecule has 4 aliphatic heterocycles. The molecule has 11 nitrogen and oxygen atoms in total. The SMILES string of the molecule is CC(C)(C)OC(=O)Nc1sc2c(F)ccc(-c3c(Cl)c4c5c(nc(OC[C@@]67CCCN6C[C@H](F)C7)nc5c3F)N3CCOC[C@@H]3CCO4)c2c1C#N. The molecule has 3 saturated heterocycles. The van der Waals surface area contributed by atoms with Crippen LogP contribution in [0.4, 0.5) is 28.8 Å². The van der Waals surface area contributed by atoms with E-state index < -0.39 is 35.0 Å². The Bertz CT molecular complexity index is 2160. The molecule has 0 unspecified atom stereocenters. The molecule has 1 N–H and O–H groups in total. The molecule has 16 heteroatoms. The molecule has 0 bridgehead atoms. The van der Waals surface area contributed by atoms with E-state index in [0.29, 0.717) is 45.0 Å². The number of nitriles is 1. The fourth-order valence-corrected chi connectivity index (χ4v) is 9.37. The van der Waals surface area contributed by atoms with Crippen molar-refractivity contribution in [3.8, 4) is 29.0 Å². The highest BCUT2D eigenvalue weighted by Crippen LogP contribution is 2.51. The number of carbonyl (C=O) groups excluding carboxylic acids is 1. The van der Waals surface area contributed by atoms with Crippen molar-refractivity contribution in [1.29, 1.82) is 5.26 Å². The quantitative estimate of drug-likeness (QED) is 0.218. The summed E-state index contributed by atoms with van der Waals surface area (Å²) in [4.78, 5) is 26.3. The minimum atomic E-state index is -0.964. The standard InChI is InChI=1S/C36H36ClF3N6O5S/c1-35(2,3)51-34(47)44-32-21(14-41)23-20(5-6-22(39)30(23)52-32)24-26(37)29-25-28(27(24)40)42-33(50-17-36-8-4-9-45(36)15-18(38)13-36)43-31(25)46-10-12-48-16-19(46)7-11-49-29/h5-6,18-19H,4,7-13,15-17H2,1-3H3,(H,44,47)/t18-,19+,36+/m1/s1. The van der Waals surface area contributed by atoms with Crippen LogP contribution in [0.1, 0.15) is 52.0 Å². The summed E-state index contributed by atoms with van der Waals surface area (Å²) in [6.45, 7) is 7.81. The first-order chi connectivity index (χ1) is 24.9. The Morgan fingerprint density at radius 2 is 2.06 bits per heavy atom. The van der Waals surface area contributed by atoms with Crippen LogP contribution in [-0.2, 0) is 9.47 Å². The van der Waals surface area contributed by atoms with E-state index in [0.717, 1.165) is 36.8 Å². The molecule has 0 saturated carbocycles. The lowest BCUT2D eigenvalue weighted by atomic mass is 9.95. The first-order valence-corrected chi connectivity index (χ1v) is 18.4. The molecule has 4 aliphatic rings. The van der Waals surface area contributed by atoms with E-state index in [2.05, 4.69) is 21.3 Å². The van der Waals surface area contributed by atoms with Crippen LogP contribution in [0.3, 0.4) is 0 Å². The number of morpholine rings is 1. The molecule has 3 atom stereocenters. The minimum Gasteiger partial charge on any atom is -0.491 e. The van der Waals surface area contributed by atoms with Crippen LogP contribution in [-0.4, -0.2) is 90.4 Å². The summed E-state index contributed by atoms with van der Waals surface area (Å²) in [5, 5.41) is 13.1. The zero-order chi connectivity index (χ0) is 36.5. The fraction of sp³-hybridized carbons (Fsp3) is 0.500. The molecule has 6 heterocycles. The monoisotopic (exact) mass is 756 g/mol. The van der Waals surface area contributed by atoms with E-state index in [9.17, 15) is 14.4 Å². The predicted octanol–water partition coefficient (Wildman–Crippen LogP) is 7.60. The third-order valence-electron chi connectivity index (χ3n) is 10.2. The largest absolute Gasteiger partial charge is 0.491 e. The van der Waals surface area contributed by atoms with Crippen molar-refractivity contribution in [2.75, 3.05) is 56.3 Å². The minimum absolute atomic E-state index is 0.00548. The second-order valence-electron chi connectivity index (χ2n) is 14.7. The summed E-state index contributed by atoms with van der Waals surface area (Å²) in [5.74, 6) is -1.04. The molecule has 8 rings (SSSR count). The number of anilines is 2. The molecular formula is C36H36ClF3N6O5S. The smallest absolute Gasteiger partial charge is 0.412 e. The van der Waals surface area contributed by atoms with Crippen LogP contribution in [0.5, 0.6) is 11.8 Å². The summed E-state index contributed by atoms with van der Waals surface area (Å²) in [5.41, 5.74) is -1.64. The Labute approximate surface area is 306 Å². The number of alkyl halides is 1. The first-order valence-electron chi connectivity index (χ1n) is 17.2. The maximum Gasteiger partial charge on any atom is 0.412 e. The van der Waals surface area contributed by atoms with Gasteiger partial charge in [-0.15, -0.1) is 11.3 Å². The fourth-order valence-electron chi connectivity index (χ4n) is 7.97. The number of hydrogen-bond donors (Lipinski definition) is 1. The zero-order valence-corrected chi connectivity index (χ0v) is 30.4. The number of carbonyl (C=O) groups is 1. The highest BCUT2D eigenvalue weighted by Gasteiger charge is 2.49. The van der Waals surface area contributed by atoms with E-state index in [-0.39, 0.29) is 78.7 Å².